The summed E-state index contributed by atoms with van der Waals surface area (Å²) in [4.78, 5) is 3.91. The second-order valence-corrected chi connectivity index (χ2v) is 4.69. The van der Waals surface area contributed by atoms with Crippen LogP contribution in [-0.4, -0.2) is 17.2 Å². The van der Waals surface area contributed by atoms with Crippen LogP contribution in [0.4, 0.5) is 4.39 Å². The summed E-state index contributed by atoms with van der Waals surface area (Å²) in [7, 11) is 1.50. The van der Waals surface area contributed by atoms with Gasteiger partial charge in [0, 0.05) is 0 Å². The Morgan fingerprint density at radius 1 is 1.32 bits per heavy atom. The Kier molecular flexibility index (Phi) is 3.73. The van der Waals surface area contributed by atoms with Gasteiger partial charge in [-0.1, -0.05) is 17.7 Å². The van der Waals surface area contributed by atoms with E-state index in [4.69, 9.17) is 16.3 Å². The van der Waals surface area contributed by atoms with Gasteiger partial charge < -0.3 is 9.84 Å². The molecule has 1 atom stereocenters. The molecule has 1 heterocycles. The molecule has 0 aliphatic rings. The Balaban J connectivity index is 2.46. The third-order valence-electron chi connectivity index (χ3n) is 2.94. The molecule has 100 valence electrons. The highest BCUT2D eigenvalue weighted by Gasteiger charge is 2.28. The molecule has 5 heteroatoms. The topological polar surface area (TPSA) is 42.4 Å². The van der Waals surface area contributed by atoms with Crippen molar-refractivity contribution in [3.63, 3.8) is 0 Å². The van der Waals surface area contributed by atoms with Crippen molar-refractivity contribution in [3.8, 4) is 5.75 Å². The van der Waals surface area contributed by atoms with Gasteiger partial charge >= 0.3 is 0 Å². The molecule has 3 nitrogen and oxygen atoms in total. The zero-order valence-electron chi connectivity index (χ0n) is 10.5. The summed E-state index contributed by atoms with van der Waals surface area (Å²) >= 11 is 5.94. The van der Waals surface area contributed by atoms with Crippen LogP contribution in [0, 0.1) is 5.82 Å². The zero-order valence-corrected chi connectivity index (χ0v) is 11.3. The Hall–Kier alpha value is -1.65. The van der Waals surface area contributed by atoms with Crippen molar-refractivity contribution < 1.29 is 14.2 Å². The molecule has 0 fully saturated rings. The highest BCUT2D eigenvalue weighted by molar-refractivity contribution is 6.32. The molecule has 0 aliphatic heterocycles. The van der Waals surface area contributed by atoms with Crippen molar-refractivity contribution in [1.82, 2.24) is 4.98 Å². The third kappa shape index (κ3) is 2.69. The first kappa shape index (κ1) is 13.8. The maximum Gasteiger partial charge on any atom is 0.141 e. The monoisotopic (exact) mass is 281 g/mol. The van der Waals surface area contributed by atoms with E-state index in [1.165, 1.54) is 19.2 Å². The van der Waals surface area contributed by atoms with Crippen LogP contribution in [0.2, 0.25) is 5.02 Å². The largest absolute Gasteiger partial charge is 0.495 e. The predicted molar refractivity (Wildman–Crippen MR) is 70.9 cm³/mol. The van der Waals surface area contributed by atoms with E-state index in [-0.39, 0.29) is 0 Å². The van der Waals surface area contributed by atoms with Gasteiger partial charge in [-0.05, 0) is 36.8 Å². The summed E-state index contributed by atoms with van der Waals surface area (Å²) in [5.41, 5.74) is -0.447. The summed E-state index contributed by atoms with van der Waals surface area (Å²) in [5.74, 6) is 0.00906. The Morgan fingerprint density at radius 2 is 2.05 bits per heavy atom. The summed E-state index contributed by atoms with van der Waals surface area (Å²) in [6, 6.07) is 7.64. The summed E-state index contributed by atoms with van der Waals surface area (Å²) < 4.78 is 18.0. The highest BCUT2D eigenvalue weighted by Crippen LogP contribution is 2.33. The maximum atomic E-state index is 12.9. The molecule has 1 aromatic carbocycles. The molecule has 0 saturated carbocycles. The first-order valence-corrected chi connectivity index (χ1v) is 6.01. The standard InChI is InChI=1S/C14H13ClFNO2/c1-14(18,13-6-4-10(16)8-17-13)9-3-5-11(15)12(7-9)19-2/h3-8,18H,1-2H3. The van der Waals surface area contributed by atoms with E-state index in [1.807, 2.05) is 0 Å². The number of hydrogen-bond donors (Lipinski definition) is 1. The first-order valence-electron chi connectivity index (χ1n) is 5.63. The molecule has 19 heavy (non-hydrogen) atoms. The van der Waals surface area contributed by atoms with Gasteiger partial charge in [0.25, 0.3) is 0 Å². The van der Waals surface area contributed by atoms with Crippen molar-refractivity contribution >= 4 is 11.6 Å². The molecule has 1 unspecified atom stereocenters. The van der Waals surface area contributed by atoms with Gasteiger partial charge in [0.1, 0.15) is 17.2 Å². The Morgan fingerprint density at radius 3 is 2.63 bits per heavy atom. The number of ether oxygens (including phenoxy) is 1. The second-order valence-electron chi connectivity index (χ2n) is 4.28. The molecule has 0 aliphatic carbocycles. The maximum absolute atomic E-state index is 12.9. The number of methoxy groups -OCH3 is 1. The minimum Gasteiger partial charge on any atom is -0.495 e. The molecular weight excluding hydrogens is 269 g/mol. The lowest BCUT2D eigenvalue weighted by Crippen LogP contribution is -2.24. The third-order valence-corrected chi connectivity index (χ3v) is 3.25. The molecule has 0 saturated heterocycles. The molecule has 0 radical (unpaired) electrons. The predicted octanol–water partition coefficient (Wildman–Crippen LogP) is 3.14. The second kappa shape index (κ2) is 5.15. The fourth-order valence-electron chi connectivity index (χ4n) is 1.77. The number of aliphatic hydroxyl groups is 1. The fourth-order valence-corrected chi connectivity index (χ4v) is 1.97. The van der Waals surface area contributed by atoms with Crippen LogP contribution in [0.15, 0.2) is 36.5 Å². The van der Waals surface area contributed by atoms with E-state index in [0.717, 1.165) is 6.20 Å². The van der Waals surface area contributed by atoms with E-state index in [1.54, 1.807) is 25.1 Å². The molecule has 0 amide bonds. The number of rotatable bonds is 3. The quantitative estimate of drug-likeness (QED) is 0.940. The smallest absolute Gasteiger partial charge is 0.141 e. The fraction of sp³-hybridized carbons (Fsp3) is 0.214. The molecule has 1 aromatic heterocycles. The van der Waals surface area contributed by atoms with Crippen molar-refractivity contribution in [3.05, 3.63) is 58.6 Å². The van der Waals surface area contributed by atoms with Crippen LogP contribution in [-0.2, 0) is 5.60 Å². The van der Waals surface area contributed by atoms with E-state index < -0.39 is 11.4 Å². The van der Waals surface area contributed by atoms with Gasteiger partial charge in [-0.15, -0.1) is 0 Å². The van der Waals surface area contributed by atoms with Crippen molar-refractivity contribution in [2.24, 2.45) is 0 Å². The Labute approximate surface area is 115 Å². The van der Waals surface area contributed by atoms with Gasteiger partial charge in [0.15, 0.2) is 0 Å². The van der Waals surface area contributed by atoms with Crippen LogP contribution >= 0.6 is 11.6 Å². The average Bonchev–Trinajstić information content (AvgIpc) is 2.39. The lowest BCUT2D eigenvalue weighted by Gasteiger charge is -2.24. The van der Waals surface area contributed by atoms with Crippen molar-refractivity contribution in [2.75, 3.05) is 7.11 Å². The molecule has 1 N–H and O–H groups in total. The van der Waals surface area contributed by atoms with Gasteiger partial charge in [-0.2, -0.15) is 0 Å². The van der Waals surface area contributed by atoms with Crippen LogP contribution in [0.5, 0.6) is 5.75 Å². The number of pyridine rings is 1. The van der Waals surface area contributed by atoms with Crippen LogP contribution in [0.3, 0.4) is 0 Å². The number of benzene rings is 1. The van der Waals surface area contributed by atoms with E-state index in [2.05, 4.69) is 4.98 Å². The molecule has 0 bridgehead atoms. The molecule has 2 rings (SSSR count). The van der Waals surface area contributed by atoms with Gasteiger partial charge in [-0.3, -0.25) is 4.98 Å². The zero-order chi connectivity index (χ0) is 14.0. The van der Waals surface area contributed by atoms with E-state index in [9.17, 15) is 9.50 Å². The molecular formula is C14H13ClFNO2. The van der Waals surface area contributed by atoms with Crippen LogP contribution in [0.1, 0.15) is 18.2 Å². The summed E-state index contributed by atoms with van der Waals surface area (Å²) in [5, 5.41) is 11.0. The highest BCUT2D eigenvalue weighted by atomic mass is 35.5. The normalized spacial score (nSPS) is 13.9. The van der Waals surface area contributed by atoms with Crippen molar-refractivity contribution in [2.45, 2.75) is 12.5 Å². The molecule has 0 spiro atoms. The van der Waals surface area contributed by atoms with E-state index >= 15 is 0 Å². The lowest BCUT2D eigenvalue weighted by atomic mass is 9.92. The summed E-state index contributed by atoms with van der Waals surface area (Å²) in [6.45, 7) is 1.58. The van der Waals surface area contributed by atoms with Gasteiger partial charge in [-0.25, -0.2) is 4.39 Å². The van der Waals surface area contributed by atoms with Gasteiger partial charge in [0.05, 0.1) is 24.0 Å². The summed E-state index contributed by atoms with van der Waals surface area (Å²) in [6.07, 6.45) is 1.07. The molecule has 2 aromatic rings. The Bertz CT molecular complexity index is 584. The first-order chi connectivity index (χ1) is 8.95. The van der Waals surface area contributed by atoms with Gasteiger partial charge in [0.2, 0.25) is 0 Å². The van der Waals surface area contributed by atoms with Crippen LogP contribution in [0.25, 0.3) is 0 Å². The van der Waals surface area contributed by atoms with Crippen LogP contribution < -0.4 is 4.74 Å². The van der Waals surface area contributed by atoms with Crippen molar-refractivity contribution in [1.29, 1.82) is 0 Å². The lowest BCUT2D eigenvalue weighted by molar-refractivity contribution is 0.0970. The average molecular weight is 282 g/mol. The minimum absolute atomic E-state index is 0.346. The number of halogens is 2. The SMILES string of the molecule is COc1cc(C(C)(O)c2ccc(F)cn2)ccc1Cl. The number of hydrogen-bond acceptors (Lipinski definition) is 3. The number of aromatic nitrogens is 1. The minimum atomic E-state index is -1.36. The number of nitrogens with zero attached hydrogens (tertiary/aromatic N) is 1. The van der Waals surface area contributed by atoms with E-state index in [0.29, 0.717) is 22.0 Å².